The maximum atomic E-state index is 12.8. The molecule has 31 heavy (non-hydrogen) atoms. The van der Waals surface area contributed by atoms with E-state index in [1.165, 1.54) is 0 Å². The molecule has 4 N–H and O–H groups in total. The Bertz CT molecular complexity index is 915. The molecule has 0 heterocycles. The zero-order chi connectivity index (χ0) is 23.0. The molecule has 0 spiro atoms. The summed E-state index contributed by atoms with van der Waals surface area (Å²) in [6.45, 7) is 1.83. The molecule has 0 aromatic heterocycles. The van der Waals surface area contributed by atoms with Gasteiger partial charge in [0.05, 0.1) is 12.5 Å². The van der Waals surface area contributed by atoms with Crippen LogP contribution in [0.25, 0.3) is 10.8 Å². The van der Waals surface area contributed by atoms with Crippen LogP contribution < -0.4 is 15.4 Å². The number of rotatable bonds is 11. The molecule has 0 radical (unpaired) electrons. The number of carboxylic acid groups (broad SMARTS) is 1. The molecule has 0 aliphatic rings. The first-order valence-corrected chi connectivity index (χ1v) is 9.89. The van der Waals surface area contributed by atoms with Crippen LogP contribution in [0.2, 0.25) is 0 Å². The summed E-state index contributed by atoms with van der Waals surface area (Å²) in [4.78, 5) is 35.9. The van der Waals surface area contributed by atoms with E-state index in [2.05, 4.69) is 10.6 Å². The van der Waals surface area contributed by atoms with E-state index in [9.17, 15) is 23.9 Å². The Hall–Kier alpha value is -3.20. The molecule has 0 aliphatic carbocycles. The number of hydrogen-bond acceptors (Lipinski definition) is 5. The number of aliphatic hydroxyl groups excluding tert-OH is 1. The number of halogens is 1. The summed E-state index contributed by atoms with van der Waals surface area (Å²) in [5, 5.41) is 25.2. The summed E-state index contributed by atoms with van der Waals surface area (Å²) in [5.41, 5.74) is 0. The lowest BCUT2D eigenvalue weighted by molar-refractivity contribution is -0.139. The van der Waals surface area contributed by atoms with Crippen molar-refractivity contribution in [2.45, 2.75) is 38.5 Å². The highest BCUT2D eigenvalue weighted by molar-refractivity contribution is 5.90. The van der Waals surface area contributed by atoms with Gasteiger partial charge in [-0.05, 0) is 17.4 Å². The van der Waals surface area contributed by atoms with Crippen molar-refractivity contribution in [3.8, 4) is 5.75 Å². The topological polar surface area (TPSA) is 125 Å². The molecule has 8 nitrogen and oxygen atoms in total. The van der Waals surface area contributed by atoms with Crippen molar-refractivity contribution >= 4 is 28.6 Å². The minimum absolute atomic E-state index is 0.337. The quantitative estimate of drug-likeness (QED) is 0.426. The number of nitrogens with one attached hydrogen (secondary N) is 2. The van der Waals surface area contributed by atoms with Gasteiger partial charge in [-0.1, -0.05) is 50.2 Å². The number of aliphatic hydroxyl groups is 1. The predicted octanol–water partition coefficient (Wildman–Crippen LogP) is 1.65. The first kappa shape index (κ1) is 24.1. The van der Waals surface area contributed by atoms with Crippen LogP contribution in [-0.2, 0) is 14.4 Å². The maximum Gasteiger partial charge on any atom is 0.305 e. The number of amides is 2. The third-order valence-corrected chi connectivity index (χ3v) is 4.72. The highest BCUT2D eigenvalue weighted by Gasteiger charge is 2.30. The first-order valence-electron chi connectivity index (χ1n) is 9.89. The Morgan fingerprint density at radius 3 is 2.39 bits per heavy atom. The molecule has 2 amide bonds. The number of aliphatic carboxylic acids is 1. The molecule has 2 rings (SSSR count). The third kappa shape index (κ3) is 6.92. The Morgan fingerprint density at radius 2 is 1.74 bits per heavy atom. The fourth-order valence-corrected chi connectivity index (χ4v) is 3.07. The van der Waals surface area contributed by atoms with Crippen LogP contribution in [0.3, 0.4) is 0 Å². The fraction of sp³-hybridized carbons (Fsp3) is 0.409. The van der Waals surface area contributed by atoms with Gasteiger partial charge in [0.15, 0.2) is 6.61 Å². The van der Waals surface area contributed by atoms with Crippen molar-refractivity contribution in [1.82, 2.24) is 10.6 Å². The highest BCUT2D eigenvalue weighted by Crippen LogP contribution is 2.25. The van der Waals surface area contributed by atoms with Gasteiger partial charge in [0.25, 0.3) is 5.91 Å². The van der Waals surface area contributed by atoms with Crippen LogP contribution in [0.15, 0.2) is 42.5 Å². The number of carboxylic acids is 1. The van der Waals surface area contributed by atoms with Crippen molar-refractivity contribution in [2.75, 3.05) is 13.3 Å². The minimum atomic E-state index is -1.67. The largest absolute Gasteiger partial charge is 0.483 e. The average Bonchev–Trinajstić information content (AvgIpc) is 2.74. The van der Waals surface area contributed by atoms with Crippen LogP contribution in [0.1, 0.15) is 20.3 Å². The first-order chi connectivity index (χ1) is 14.7. The molecule has 168 valence electrons. The van der Waals surface area contributed by atoms with Crippen molar-refractivity contribution < 1.29 is 33.7 Å². The zero-order valence-electron chi connectivity index (χ0n) is 17.4. The van der Waals surface area contributed by atoms with Crippen LogP contribution in [0.4, 0.5) is 4.39 Å². The van der Waals surface area contributed by atoms with Gasteiger partial charge in [-0.15, -0.1) is 0 Å². The van der Waals surface area contributed by atoms with E-state index in [4.69, 9.17) is 9.84 Å². The van der Waals surface area contributed by atoms with E-state index in [-0.39, 0.29) is 12.5 Å². The number of ether oxygens (including phenoxy) is 1. The number of carbonyl (C=O) groups excluding carboxylic acids is 2. The lowest BCUT2D eigenvalue weighted by atomic mass is 10.0. The summed E-state index contributed by atoms with van der Waals surface area (Å²) in [6.07, 6.45) is -2.32. The Labute approximate surface area is 179 Å². The molecular weight excluding hydrogens is 407 g/mol. The molecule has 9 heteroatoms. The van der Waals surface area contributed by atoms with Crippen molar-refractivity contribution in [3.05, 3.63) is 42.5 Å². The summed E-state index contributed by atoms with van der Waals surface area (Å²) < 4.78 is 18.4. The predicted molar refractivity (Wildman–Crippen MR) is 112 cm³/mol. The van der Waals surface area contributed by atoms with Gasteiger partial charge in [-0.25, -0.2) is 4.39 Å². The molecule has 0 aliphatic heterocycles. The summed E-state index contributed by atoms with van der Waals surface area (Å²) in [6, 6.07) is 10.6. The molecular formula is C22H27FN2O6. The van der Waals surface area contributed by atoms with Crippen molar-refractivity contribution in [2.24, 2.45) is 5.92 Å². The van der Waals surface area contributed by atoms with Crippen molar-refractivity contribution in [3.63, 3.8) is 0 Å². The smallest absolute Gasteiger partial charge is 0.305 e. The number of fused-ring (bicyclic) bond motifs is 1. The molecule has 2 aromatic carbocycles. The van der Waals surface area contributed by atoms with E-state index < -0.39 is 49.1 Å². The van der Waals surface area contributed by atoms with Crippen LogP contribution in [0.5, 0.6) is 5.75 Å². The van der Waals surface area contributed by atoms with E-state index in [1.54, 1.807) is 26.0 Å². The summed E-state index contributed by atoms with van der Waals surface area (Å²) in [7, 11) is 0. The van der Waals surface area contributed by atoms with E-state index in [0.717, 1.165) is 10.8 Å². The second kappa shape index (κ2) is 11.3. The Morgan fingerprint density at radius 1 is 1.06 bits per heavy atom. The lowest BCUT2D eigenvalue weighted by Crippen LogP contribution is -2.55. The summed E-state index contributed by atoms with van der Waals surface area (Å²) >= 11 is 0. The molecule has 0 saturated carbocycles. The molecule has 0 bridgehead atoms. The van der Waals surface area contributed by atoms with Gasteiger partial charge in [-0.3, -0.25) is 14.4 Å². The molecule has 0 saturated heterocycles. The monoisotopic (exact) mass is 434 g/mol. The second-order valence-corrected chi connectivity index (χ2v) is 7.49. The van der Waals surface area contributed by atoms with Gasteiger partial charge < -0.3 is 25.6 Å². The van der Waals surface area contributed by atoms with Crippen LogP contribution in [0, 0.1) is 5.92 Å². The van der Waals surface area contributed by atoms with Gasteiger partial charge >= 0.3 is 5.97 Å². The van der Waals surface area contributed by atoms with E-state index in [1.807, 2.05) is 30.3 Å². The van der Waals surface area contributed by atoms with Gasteiger partial charge in [0, 0.05) is 5.39 Å². The molecule has 3 atom stereocenters. The normalized spacial score (nSPS) is 14.0. The number of benzene rings is 2. The Balaban J connectivity index is 2.02. The number of alkyl halides is 1. The lowest BCUT2D eigenvalue weighted by Gasteiger charge is -2.26. The molecule has 2 aromatic rings. The van der Waals surface area contributed by atoms with Crippen LogP contribution >= 0.6 is 0 Å². The maximum absolute atomic E-state index is 12.8. The SMILES string of the molecule is CC(C)[C@H](NC(=O)COc1cccc2ccccc12)C(=O)NC(CC(=O)O)C(O)CF. The van der Waals surface area contributed by atoms with Gasteiger partial charge in [0.2, 0.25) is 5.91 Å². The highest BCUT2D eigenvalue weighted by atomic mass is 19.1. The molecule has 2 unspecified atom stereocenters. The standard InChI is InChI=1S/C22H27FN2O6/c1-13(2)21(22(30)24-16(10-20(28)29)17(26)11-23)25-19(27)12-31-18-9-5-7-14-6-3-4-8-15(14)18/h3-9,13,16-17,21,26H,10-12H2,1-2H3,(H,24,30)(H,25,27)(H,28,29)/t16?,17?,21-/m0/s1. The Kier molecular flexibility index (Phi) is 8.75. The van der Waals surface area contributed by atoms with E-state index >= 15 is 0 Å². The fourth-order valence-electron chi connectivity index (χ4n) is 3.07. The minimum Gasteiger partial charge on any atom is -0.483 e. The van der Waals surface area contributed by atoms with Crippen molar-refractivity contribution in [1.29, 1.82) is 0 Å². The average molecular weight is 434 g/mol. The van der Waals surface area contributed by atoms with Gasteiger partial charge in [-0.2, -0.15) is 0 Å². The zero-order valence-corrected chi connectivity index (χ0v) is 17.4. The van der Waals surface area contributed by atoms with Gasteiger partial charge in [0.1, 0.15) is 24.6 Å². The number of hydrogen-bond donors (Lipinski definition) is 4. The third-order valence-electron chi connectivity index (χ3n) is 4.72. The number of carbonyl (C=O) groups is 3. The van der Waals surface area contributed by atoms with Crippen LogP contribution in [-0.4, -0.2) is 59.5 Å². The molecule has 0 fully saturated rings. The summed E-state index contributed by atoms with van der Waals surface area (Å²) in [5.74, 6) is -2.40. The van der Waals surface area contributed by atoms with E-state index in [0.29, 0.717) is 5.75 Å². The second-order valence-electron chi connectivity index (χ2n) is 7.49.